The Bertz CT molecular complexity index is 1300. The lowest BCUT2D eigenvalue weighted by molar-refractivity contribution is 0.110. The number of halogens is 3. The second kappa shape index (κ2) is 9.27. The molecule has 4 aromatic rings. The zero-order valence-electron chi connectivity index (χ0n) is 18.3. The number of hydrogen-bond acceptors (Lipinski definition) is 2. The molecule has 0 bridgehead atoms. The van der Waals surface area contributed by atoms with E-state index in [4.69, 9.17) is 9.47 Å². The van der Waals surface area contributed by atoms with E-state index in [0.717, 1.165) is 38.7 Å². The fraction of sp³-hybridized carbons (Fsp3) is 0.259. The standard InChI is InChI=1S/C27H24BrF2NO2/c1-17(29)21-10-7-19(13-24(21)28)14-31-25-11-12-32-16-23(25)22-3-2-4-26(27(22)31)33-15-18-5-8-20(30)9-6-18/h2-10,13,17H,11-12,14-16H2,1H3. The normalized spacial score (nSPS) is 14.3. The molecule has 1 unspecified atom stereocenters. The largest absolute Gasteiger partial charge is 0.487 e. The number of para-hydroxylation sites is 1. The quantitative estimate of drug-likeness (QED) is 0.271. The second-order valence-corrected chi connectivity index (χ2v) is 9.21. The number of nitrogens with zero attached hydrogens (tertiary/aromatic N) is 1. The smallest absolute Gasteiger partial charge is 0.144 e. The Morgan fingerprint density at radius 2 is 1.88 bits per heavy atom. The van der Waals surface area contributed by atoms with Gasteiger partial charge in [0.05, 0.1) is 18.7 Å². The van der Waals surface area contributed by atoms with E-state index in [1.807, 2.05) is 30.3 Å². The van der Waals surface area contributed by atoms with Gasteiger partial charge in [0.25, 0.3) is 0 Å². The second-order valence-electron chi connectivity index (χ2n) is 8.35. The highest BCUT2D eigenvalue weighted by Gasteiger charge is 2.23. The van der Waals surface area contributed by atoms with Crippen LogP contribution in [0.1, 0.15) is 41.0 Å². The number of ether oxygens (including phenoxy) is 2. The highest BCUT2D eigenvalue weighted by atomic mass is 79.9. The molecular weight excluding hydrogens is 488 g/mol. The fourth-order valence-electron chi connectivity index (χ4n) is 4.49. The van der Waals surface area contributed by atoms with Gasteiger partial charge in [-0.25, -0.2) is 8.78 Å². The van der Waals surface area contributed by atoms with E-state index in [1.165, 1.54) is 23.4 Å². The maximum absolute atomic E-state index is 13.9. The van der Waals surface area contributed by atoms with Gasteiger partial charge in [-0.1, -0.05) is 52.3 Å². The number of benzene rings is 3. The van der Waals surface area contributed by atoms with Crippen LogP contribution in [-0.4, -0.2) is 11.2 Å². The Labute approximate surface area is 200 Å². The van der Waals surface area contributed by atoms with E-state index >= 15 is 0 Å². The monoisotopic (exact) mass is 511 g/mol. The van der Waals surface area contributed by atoms with Crippen LogP contribution in [0.4, 0.5) is 8.78 Å². The molecular formula is C27H24BrF2NO2. The Hall–Kier alpha value is -2.70. The first-order chi connectivity index (χ1) is 16.0. The number of rotatable bonds is 6. The third kappa shape index (κ3) is 4.42. The average Bonchev–Trinajstić information content (AvgIpc) is 3.13. The van der Waals surface area contributed by atoms with Crippen molar-refractivity contribution in [1.29, 1.82) is 0 Å². The van der Waals surface area contributed by atoms with Crippen molar-refractivity contribution in [2.24, 2.45) is 0 Å². The van der Waals surface area contributed by atoms with Gasteiger partial charge in [0.2, 0.25) is 0 Å². The van der Waals surface area contributed by atoms with E-state index in [-0.39, 0.29) is 5.82 Å². The van der Waals surface area contributed by atoms with E-state index in [9.17, 15) is 8.78 Å². The number of hydrogen-bond donors (Lipinski definition) is 0. The Kier molecular flexibility index (Phi) is 6.21. The SMILES string of the molecule is CC(F)c1ccc(Cn2c3c(c4cccc(OCc5ccc(F)cc5)c42)COCC3)cc1Br. The predicted molar refractivity (Wildman–Crippen MR) is 129 cm³/mol. The van der Waals surface area contributed by atoms with Crippen LogP contribution in [0, 0.1) is 5.82 Å². The Balaban J connectivity index is 1.55. The summed E-state index contributed by atoms with van der Waals surface area (Å²) in [5.74, 6) is 0.515. The van der Waals surface area contributed by atoms with E-state index < -0.39 is 6.17 Å². The van der Waals surface area contributed by atoms with Crippen molar-refractivity contribution in [2.75, 3.05) is 6.61 Å². The molecule has 1 aliphatic heterocycles. The number of alkyl halides is 1. The van der Waals surface area contributed by atoms with E-state index in [2.05, 4.69) is 26.6 Å². The molecule has 0 amide bonds. The number of fused-ring (bicyclic) bond motifs is 3. The van der Waals surface area contributed by atoms with Gasteiger partial charge in [-0.2, -0.15) is 0 Å². The summed E-state index contributed by atoms with van der Waals surface area (Å²) in [7, 11) is 0. The van der Waals surface area contributed by atoms with Crippen LogP contribution in [-0.2, 0) is 30.9 Å². The molecule has 1 aromatic heterocycles. The third-order valence-corrected chi connectivity index (χ3v) is 6.83. The summed E-state index contributed by atoms with van der Waals surface area (Å²) in [4.78, 5) is 0. The van der Waals surface area contributed by atoms with Crippen molar-refractivity contribution in [3.8, 4) is 5.75 Å². The van der Waals surface area contributed by atoms with Crippen LogP contribution in [0.2, 0.25) is 0 Å². The average molecular weight is 512 g/mol. The first-order valence-corrected chi connectivity index (χ1v) is 11.8. The molecule has 0 aliphatic carbocycles. The van der Waals surface area contributed by atoms with Crippen LogP contribution < -0.4 is 4.74 Å². The van der Waals surface area contributed by atoms with Gasteiger partial charge in [-0.15, -0.1) is 0 Å². The molecule has 6 heteroatoms. The summed E-state index contributed by atoms with van der Waals surface area (Å²) in [5, 5.41) is 1.12. The maximum Gasteiger partial charge on any atom is 0.144 e. The van der Waals surface area contributed by atoms with Crippen molar-refractivity contribution in [3.05, 3.63) is 98.9 Å². The van der Waals surface area contributed by atoms with Crippen LogP contribution >= 0.6 is 15.9 Å². The molecule has 0 N–H and O–H groups in total. The molecule has 1 atom stereocenters. The van der Waals surface area contributed by atoms with Crippen molar-refractivity contribution < 1.29 is 18.3 Å². The lowest BCUT2D eigenvalue weighted by atomic mass is 10.1. The molecule has 2 heterocycles. The van der Waals surface area contributed by atoms with Gasteiger partial charge in [0.1, 0.15) is 24.3 Å². The maximum atomic E-state index is 13.9. The summed E-state index contributed by atoms with van der Waals surface area (Å²) in [6, 6.07) is 18.2. The highest BCUT2D eigenvalue weighted by Crippen LogP contribution is 2.37. The Morgan fingerprint density at radius 3 is 2.64 bits per heavy atom. The molecule has 33 heavy (non-hydrogen) atoms. The number of aromatic nitrogens is 1. The molecule has 0 spiro atoms. The van der Waals surface area contributed by atoms with Gasteiger partial charge in [0.15, 0.2) is 0 Å². The van der Waals surface area contributed by atoms with Crippen molar-refractivity contribution in [1.82, 2.24) is 4.57 Å². The molecule has 3 aromatic carbocycles. The molecule has 0 fully saturated rings. The van der Waals surface area contributed by atoms with Crippen LogP contribution in [0.3, 0.4) is 0 Å². The van der Waals surface area contributed by atoms with Crippen molar-refractivity contribution in [2.45, 2.75) is 39.3 Å². The summed E-state index contributed by atoms with van der Waals surface area (Å²) >= 11 is 3.53. The van der Waals surface area contributed by atoms with Gasteiger partial charge in [-0.05, 0) is 47.9 Å². The lowest BCUT2D eigenvalue weighted by Crippen LogP contribution is -2.14. The third-order valence-electron chi connectivity index (χ3n) is 6.14. The minimum atomic E-state index is -1.03. The van der Waals surface area contributed by atoms with Crippen molar-refractivity contribution in [3.63, 3.8) is 0 Å². The zero-order valence-corrected chi connectivity index (χ0v) is 19.9. The van der Waals surface area contributed by atoms with Crippen LogP contribution in [0.15, 0.2) is 65.1 Å². The molecule has 0 saturated carbocycles. The van der Waals surface area contributed by atoms with Gasteiger partial charge in [0, 0.05) is 34.1 Å². The van der Waals surface area contributed by atoms with Crippen LogP contribution in [0.5, 0.6) is 5.75 Å². The highest BCUT2D eigenvalue weighted by molar-refractivity contribution is 9.10. The van der Waals surface area contributed by atoms with Gasteiger partial charge >= 0.3 is 0 Å². The van der Waals surface area contributed by atoms with Crippen LogP contribution in [0.25, 0.3) is 10.9 Å². The van der Waals surface area contributed by atoms with Gasteiger partial charge in [-0.3, -0.25) is 0 Å². The Morgan fingerprint density at radius 1 is 1.09 bits per heavy atom. The lowest BCUT2D eigenvalue weighted by Gasteiger charge is -2.18. The summed E-state index contributed by atoms with van der Waals surface area (Å²) in [5.41, 5.74) is 6.08. The first-order valence-electron chi connectivity index (χ1n) is 11.0. The zero-order chi connectivity index (χ0) is 22.9. The minimum Gasteiger partial charge on any atom is -0.487 e. The molecule has 0 saturated heterocycles. The molecule has 1 aliphatic rings. The molecule has 0 radical (unpaired) electrons. The topological polar surface area (TPSA) is 23.4 Å². The van der Waals surface area contributed by atoms with E-state index in [0.29, 0.717) is 31.9 Å². The molecule has 170 valence electrons. The molecule has 5 rings (SSSR count). The predicted octanol–water partition coefficient (Wildman–Crippen LogP) is 7.27. The molecule has 3 nitrogen and oxygen atoms in total. The van der Waals surface area contributed by atoms with Gasteiger partial charge < -0.3 is 14.0 Å². The van der Waals surface area contributed by atoms with E-state index in [1.54, 1.807) is 19.1 Å². The van der Waals surface area contributed by atoms with Crippen molar-refractivity contribution >= 4 is 26.8 Å². The summed E-state index contributed by atoms with van der Waals surface area (Å²) in [6.45, 7) is 3.78. The minimum absolute atomic E-state index is 0.262. The fourth-order valence-corrected chi connectivity index (χ4v) is 5.24. The first kappa shape index (κ1) is 22.1. The summed E-state index contributed by atoms with van der Waals surface area (Å²) in [6.07, 6.45) is -0.209. The summed E-state index contributed by atoms with van der Waals surface area (Å²) < 4.78 is 42.2.